The number of hydrogen-bond donors (Lipinski definition) is 2. The lowest BCUT2D eigenvalue weighted by atomic mass is 9.93. The Labute approximate surface area is 237 Å². The molecule has 0 fully saturated rings. The minimum atomic E-state index is -3.39. The van der Waals surface area contributed by atoms with Gasteiger partial charge in [0.25, 0.3) is 5.91 Å². The second-order valence-electron chi connectivity index (χ2n) is 9.47. The summed E-state index contributed by atoms with van der Waals surface area (Å²) < 4.78 is 29.1. The maximum absolute atomic E-state index is 13.3. The van der Waals surface area contributed by atoms with E-state index in [2.05, 4.69) is 10.3 Å². The fourth-order valence-electron chi connectivity index (χ4n) is 4.16. The molecule has 0 spiro atoms. The van der Waals surface area contributed by atoms with E-state index in [9.17, 15) is 23.1 Å². The molecule has 0 aliphatic carbocycles. The fourth-order valence-corrected chi connectivity index (χ4v) is 5.68. The molecular formula is C30H30N2O6S2. The monoisotopic (exact) mass is 578 g/mol. The number of aryl methyl sites for hydroxylation is 1. The summed E-state index contributed by atoms with van der Waals surface area (Å²) >= 11 is 1.57. The van der Waals surface area contributed by atoms with Crippen LogP contribution in [0.3, 0.4) is 0 Å². The SMILES string of the molecule is Cc1ccccc1-c1cc(COCc2cnc(-c3ccccc3)s2)ccc1C(=O)NC(CCS(C)(=O)=O)C(=O)O. The number of nitrogens with zero attached hydrogens (tertiary/aromatic N) is 1. The van der Waals surface area contributed by atoms with Crippen LogP contribution in [-0.2, 0) is 32.6 Å². The maximum atomic E-state index is 13.3. The summed E-state index contributed by atoms with van der Waals surface area (Å²) in [5.41, 5.74) is 4.59. The summed E-state index contributed by atoms with van der Waals surface area (Å²) in [6, 6.07) is 21.5. The molecule has 4 aromatic rings. The molecule has 3 aromatic carbocycles. The van der Waals surface area contributed by atoms with Crippen molar-refractivity contribution in [2.75, 3.05) is 12.0 Å². The van der Waals surface area contributed by atoms with Gasteiger partial charge in [-0.1, -0.05) is 60.7 Å². The summed E-state index contributed by atoms with van der Waals surface area (Å²) in [5, 5.41) is 13.0. The number of ether oxygens (including phenoxy) is 1. The highest BCUT2D eigenvalue weighted by Crippen LogP contribution is 2.29. The number of thiazole rings is 1. The molecular weight excluding hydrogens is 548 g/mol. The van der Waals surface area contributed by atoms with E-state index in [-0.39, 0.29) is 12.2 Å². The van der Waals surface area contributed by atoms with Crippen LogP contribution in [0.5, 0.6) is 0 Å². The minimum Gasteiger partial charge on any atom is -0.480 e. The number of rotatable bonds is 12. The van der Waals surface area contributed by atoms with Gasteiger partial charge in [-0.3, -0.25) is 4.79 Å². The number of sulfone groups is 1. The number of benzene rings is 3. The highest BCUT2D eigenvalue weighted by Gasteiger charge is 2.24. The van der Waals surface area contributed by atoms with Crippen molar-refractivity contribution in [1.82, 2.24) is 10.3 Å². The van der Waals surface area contributed by atoms with Crippen LogP contribution in [0.2, 0.25) is 0 Å². The van der Waals surface area contributed by atoms with Gasteiger partial charge in [-0.15, -0.1) is 11.3 Å². The predicted molar refractivity (Wildman–Crippen MR) is 156 cm³/mol. The van der Waals surface area contributed by atoms with Crippen LogP contribution in [0.1, 0.15) is 32.8 Å². The van der Waals surface area contributed by atoms with Crippen LogP contribution in [0.25, 0.3) is 21.7 Å². The van der Waals surface area contributed by atoms with Crippen LogP contribution in [-0.4, -0.2) is 48.4 Å². The van der Waals surface area contributed by atoms with E-state index in [1.165, 1.54) is 0 Å². The Bertz CT molecular complexity index is 1600. The van der Waals surface area contributed by atoms with Crippen molar-refractivity contribution in [3.05, 3.63) is 101 Å². The van der Waals surface area contributed by atoms with Gasteiger partial charge in [0.2, 0.25) is 0 Å². The normalized spacial score (nSPS) is 12.2. The van der Waals surface area contributed by atoms with Gasteiger partial charge < -0.3 is 15.2 Å². The molecule has 1 atom stereocenters. The minimum absolute atomic E-state index is 0.227. The Morgan fingerprint density at radius 2 is 1.73 bits per heavy atom. The first-order chi connectivity index (χ1) is 19.1. The number of carbonyl (C=O) groups is 2. The van der Waals surface area contributed by atoms with E-state index in [0.717, 1.165) is 38.4 Å². The van der Waals surface area contributed by atoms with E-state index >= 15 is 0 Å². The van der Waals surface area contributed by atoms with Crippen molar-refractivity contribution in [3.63, 3.8) is 0 Å². The molecule has 1 aromatic heterocycles. The molecule has 1 heterocycles. The first kappa shape index (κ1) is 29.1. The molecule has 4 rings (SSSR count). The van der Waals surface area contributed by atoms with Gasteiger partial charge in [0.15, 0.2) is 0 Å². The largest absolute Gasteiger partial charge is 0.480 e. The Morgan fingerprint density at radius 1 is 1.00 bits per heavy atom. The molecule has 208 valence electrons. The van der Waals surface area contributed by atoms with Gasteiger partial charge in [-0.05, 0) is 47.7 Å². The van der Waals surface area contributed by atoms with Crippen LogP contribution in [0, 0.1) is 6.92 Å². The highest BCUT2D eigenvalue weighted by atomic mass is 32.2. The van der Waals surface area contributed by atoms with Gasteiger partial charge in [0.1, 0.15) is 20.9 Å². The first-order valence-electron chi connectivity index (χ1n) is 12.6. The van der Waals surface area contributed by atoms with Crippen molar-refractivity contribution < 1.29 is 27.9 Å². The van der Waals surface area contributed by atoms with E-state index in [1.54, 1.807) is 23.5 Å². The summed E-state index contributed by atoms with van der Waals surface area (Å²) in [4.78, 5) is 30.5. The number of aromatic nitrogens is 1. The lowest BCUT2D eigenvalue weighted by molar-refractivity contribution is -0.139. The summed E-state index contributed by atoms with van der Waals surface area (Å²) in [6.07, 6.45) is 2.61. The third kappa shape index (κ3) is 7.84. The number of carboxylic acid groups (broad SMARTS) is 1. The fraction of sp³-hybridized carbons (Fsp3) is 0.233. The van der Waals surface area contributed by atoms with Gasteiger partial charge in [-0.2, -0.15) is 0 Å². The summed E-state index contributed by atoms with van der Waals surface area (Å²) in [7, 11) is -3.39. The van der Waals surface area contributed by atoms with Gasteiger partial charge >= 0.3 is 5.97 Å². The molecule has 1 amide bonds. The van der Waals surface area contributed by atoms with E-state index < -0.39 is 27.8 Å². The summed E-state index contributed by atoms with van der Waals surface area (Å²) in [5.74, 6) is -2.24. The standard InChI is InChI=1S/C30H30N2O6S2/c1-20-8-6-7-11-24(20)26-16-21(18-38-19-23-17-31-29(39-23)22-9-4-3-5-10-22)12-13-25(26)28(33)32-27(30(34)35)14-15-40(2,36)37/h3-13,16-17,27H,14-15,18-19H2,1-2H3,(H,32,33)(H,34,35). The van der Waals surface area contributed by atoms with E-state index in [0.29, 0.717) is 24.3 Å². The van der Waals surface area contributed by atoms with E-state index in [4.69, 9.17) is 4.74 Å². The average molecular weight is 579 g/mol. The van der Waals surface area contributed by atoms with Crippen molar-refractivity contribution >= 4 is 33.1 Å². The third-order valence-electron chi connectivity index (χ3n) is 6.23. The van der Waals surface area contributed by atoms with Gasteiger partial charge in [0, 0.05) is 23.6 Å². The molecule has 0 radical (unpaired) electrons. The number of carboxylic acids is 1. The van der Waals surface area contributed by atoms with Crippen molar-refractivity contribution in [3.8, 4) is 21.7 Å². The van der Waals surface area contributed by atoms with Crippen molar-refractivity contribution in [2.45, 2.75) is 32.6 Å². The predicted octanol–water partition coefficient (Wildman–Crippen LogP) is 5.12. The molecule has 1 unspecified atom stereocenters. The number of carbonyl (C=O) groups excluding carboxylic acids is 1. The summed E-state index contributed by atoms with van der Waals surface area (Å²) in [6.45, 7) is 2.61. The maximum Gasteiger partial charge on any atom is 0.326 e. The molecule has 8 nitrogen and oxygen atoms in total. The highest BCUT2D eigenvalue weighted by molar-refractivity contribution is 7.90. The quantitative estimate of drug-likeness (QED) is 0.239. The molecule has 0 saturated heterocycles. The number of nitrogens with one attached hydrogen (secondary N) is 1. The smallest absolute Gasteiger partial charge is 0.326 e. The zero-order valence-corrected chi connectivity index (χ0v) is 23.8. The molecule has 0 bridgehead atoms. The topological polar surface area (TPSA) is 123 Å². The van der Waals surface area contributed by atoms with Crippen LogP contribution >= 0.6 is 11.3 Å². The average Bonchev–Trinajstić information content (AvgIpc) is 3.40. The Kier molecular flexibility index (Phi) is 9.46. The Hall–Kier alpha value is -3.86. The molecule has 0 saturated carbocycles. The zero-order valence-electron chi connectivity index (χ0n) is 22.2. The van der Waals surface area contributed by atoms with Crippen LogP contribution in [0.15, 0.2) is 79.0 Å². The Morgan fingerprint density at radius 3 is 2.42 bits per heavy atom. The second kappa shape index (κ2) is 13.0. The molecule has 2 N–H and O–H groups in total. The molecule has 40 heavy (non-hydrogen) atoms. The molecule has 10 heteroatoms. The molecule has 0 aliphatic rings. The van der Waals surface area contributed by atoms with Crippen LogP contribution in [0.4, 0.5) is 0 Å². The number of amides is 1. The zero-order chi connectivity index (χ0) is 28.7. The van der Waals surface area contributed by atoms with E-state index in [1.807, 2.05) is 73.8 Å². The van der Waals surface area contributed by atoms with Gasteiger partial charge in [0.05, 0.1) is 23.8 Å². The van der Waals surface area contributed by atoms with Crippen LogP contribution < -0.4 is 5.32 Å². The number of aliphatic carboxylic acids is 1. The van der Waals surface area contributed by atoms with Crippen molar-refractivity contribution in [1.29, 1.82) is 0 Å². The second-order valence-corrected chi connectivity index (χ2v) is 12.8. The first-order valence-corrected chi connectivity index (χ1v) is 15.5. The lowest BCUT2D eigenvalue weighted by Crippen LogP contribution is -2.42. The van der Waals surface area contributed by atoms with Crippen molar-refractivity contribution in [2.24, 2.45) is 0 Å². The third-order valence-corrected chi connectivity index (χ3v) is 8.23. The van der Waals surface area contributed by atoms with Gasteiger partial charge in [-0.25, -0.2) is 18.2 Å². The molecule has 0 aliphatic heterocycles. The Balaban J connectivity index is 1.52. The number of hydrogen-bond acceptors (Lipinski definition) is 7. The lowest BCUT2D eigenvalue weighted by Gasteiger charge is -2.17.